The number of aromatic nitrogens is 2. The largest absolute Gasteiger partial charge is 0.411 e. The molecule has 1 atom stereocenters. The number of hydrogen-bond acceptors (Lipinski definition) is 7. The van der Waals surface area contributed by atoms with Crippen LogP contribution in [0.4, 0.5) is 5.00 Å². The van der Waals surface area contributed by atoms with E-state index in [4.69, 9.17) is 16.0 Å². The highest BCUT2D eigenvalue weighted by Crippen LogP contribution is 2.44. The Kier molecular flexibility index (Phi) is 6.61. The van der Waals surface area contributed by atoms with E-state index in [1.54, 1.807) is 24.3 Å². The Bertz CT molecular complexity index is 1170. The topological polar surface area (TPSA) is 91.8 Å². The molecule has 1 N–H and O–H groups in total. The third-order valence-electron chi connectivity index (χ3n) is 5.68. The van der Waals surface area contributed by atoms with E-state index < -0.39 is 0 Å². The van der Waals surface area contributed by atoms with Gasteiger partial charge in [-0.2, -0.15) is 5.26 Å². The Morgan fingerprint density at radius 3 is 2.78 bits per heavy atom. The van der Waals surface area contributed by atoms with Gasteiger partial charge in [0.1, 0.15) is 11.1 Å². The molecule has 0 bridgehead atoms. The van der Waals surface area contributed by atoms with Crippen LogP contribution in [-0.2, 0) is 17.6 Å². The van der Waals surface area contributed by atoms with Crippen LogP contribution in [0.5, 0.6) is 0 Å². The molecule has 0 unspecified atom stereocenters. The lowest BCUT2D eigenvalue weighted by molar-refractivity contribution is -0.113. The minimum Gasteiger partial charge on any atom is -0.411 e. The summed E-state index contributed by atoms with van der Waals surface area (Å²) in [5, 5.41) is 22.2. The monoisotopic (exact) mass is 486 g/mol. The van der Waals surface area contributed by atoms with Crippen molar-refractivity contribution in [3.05, 3.63) is 45.3 Å². The quantitative estimate of drug-likeness (QED) is 0.431. The van der Waals surface area contributed by atoms with Crippen LogP contribution < -0.4 is 5.32 Å². The molecular formula is C23H23ClN4O2S2. The average molecular weight is 487 g/mol. The molecule has 1 aliphatic carbocycles. The van der Waals surface area contributed by atoms with E-state index >= 15 is 0 Å². The minimum absolute atomic E-state index is 0.111. The number of fused-ring (bicyclic) bond motifs is 1. The highest BCUT2D eigenvalue weighted by molar-refractivity contribution is 7.99. The zero-order chi connectivity index (χ0) is 22.9. The molecular weight excluding hydrogens is 464 g/mol. The summed E-state index contributed by atoms with van der Waals surface area (Å²) in [6.07, 6.45) is 2.91. The van der Waals surface area contributed by atoms with Gasteiger partial charge in [0.15, 0.2) is 0 Å². The Hall–Kier alpha value is -2.34. The normalized spacial score (nSPS) is 15.8. The van der Waals surface area contributed by atoms with E-state index in [0.717, 1.165) is 42.2 Å². The van der Waals surface area contributed by atoms with Crippen LogP contribution in [0.1, 0.15) is 43.2 Å². The summed E-state index contributed by atoms with van der Waals surface area (Å²) in [6, 6.07) is 9.39. The molecule has 1 amide bonds. The Labute approximate surface area is 200 Å². The van der Waals surface area contributed by atoms with Crippen molar-refractivity contribution >= 4 is 45.6 Å². The molecule has 9 heteroatoms. The lowest BCUT2D eigenvalue weighted by atomic mass is 9.72. The minimum atomic E-state index is -0.205. The third-order valence-corrected chi connectivity index (χ3v) is 7.92. The number of nitrogens with one attached hydrogen (secondary N) is 1. The number of carbonyl (C=O) groups excluding carboxylic acids is 1. The predicted octanol–water partition coefficient (Wildman–Crippen LogP) is 6.20. The molecule has 0 spiro atoms. The van der Waals surface area contributed by atoms with Gasteiger partial charge in [0.25, 0.3) is 5.22 Å². The summed E-state index contributed by atoms with van der Waals surface area (Å²) in [5.74, 6) is 0.853. The van der Waals surface area contributed by atoms with Gasteiger partial charge in [0, 0.05) is 15.5 Å². The molecule has 0 saturated carbocycles. The number of hydrogen-bond donors (Lipinski definition) is 1. The van der Waals surface area contributed by atoms with Gasteiger partial charge in [0.2, 0.25) is 11.8 Å². The number of thioether (sulfide) groups is 1. The number of thiophene rings is 1. The van der Waals surface area contributed by atoms with Gasteiger partial charge >= 0.3 is 0 Å². The van der Waals surface area contributed by atoms with Crippen LogP contribution in [0.25, 0.3) is 11.5 Å². The second kappa shape index (κ2) is 9.26. The van der Waals surface area contributed by atoms with E-state index in [9.17, 15) is 10.1 Å². The summed E-state index contributed by atoms with van der Waals surface area (Å²) in [4.78, 5) is 13.8. The van der Waals surface area contributed by atoms with Crippen LogP contribution in [0.3, 0.4) is 0 Å². The molecule has 0 aliphatic heterocycles. The SMILES string of the molecule is CC(C)(C)[C@H]1CCc2c(sc(NC(=O)CSc3nnc(-c4ccc(Cl)cc4)o3)c2C#N)C1. The van der Waals surface area contributed by atoms with Crippen molar-refractivity contribution in [2.75, 3.05) is 11.1 Å². The first kappa shape index (κ1) is 22.8. The first-order valence-electron chi connectivity index (χ1n) is 10.3. The summed E-state index contributed by atoms with van der Waals surface area (Å²) < 4.78 is 5.63. The molecule has 0 fully saturated rings. The van der Waals surface area contributed by atoms with E-state index in [0.29, 0.717) is 32.6 Å². The molecule has 0 radical (unpaired) electrons. The highest BCUT2D eigenvalue weighted by Gasteiger charge is 2.32. The van der Waals surface area contributed by atoms with E-state index in [-0.39, 0.29) is 17.1 Å². The highest BCUT2D eigenvalue weighted by atomic mass is 35.5. The molecule has 2 heterocycles. The van der Waals surface area contributed by atoms with Gasteiger partial charge in [-0.05, 0) is 60.4 Å². The molecule has 6 nitrogen and oxygen atoms in total. The van der Waals surface area contributed by atoms with Crippen molar-refractivity contribution in [2.24, 2.45) is 11.3 Å². The maximum Gasteiger partial charge on any atom is 0.277 e. The Balaban J connectivity index is 1.39. The molecule has 2 aromatic heterocycles. The van der Waals surface area contributed by atoms with Gasteiger partial charge < -0.3 is 9.73 Å². The second-order valence-corrected chi connectivity index (χ2v) is 11.3. The molecule has 3 aromatic rings. The number of benzene rings is 1. The van der Waals surface area contributed by atoms with Crippen molar-refractivity contribution in [3.63, 3.8) is 0 Å². The first-order chi connectivity index (χ1) is 15.2. The number of halogens is 1. The number of rotatable bonds is 5. The number of nitriles is 1. The molecule has 0 saturated heterocycles. The van der Waals surface area contributed by atoms with Gasteiger partial charge in [-0.15, -0.1) is 21.5 Å². The maximum atomic E-state index is 12.6. The van der Waals surface area contributed by atoms with Crippen LogP contribution in [0, 0.1) is 22.7 Å². The molecule has 32 heavy (non-hydrogen) atoms. The second-order valence-electron chi connectivity index (χ2n) is 8.84. The van der Waals surface area contributed by atoms with Crippen molar-refractivity contribution in [1.82, 2.24) is 10.2 Å². The standard InChI is InChI=1S/C23H23ClN4O2S2/c1-23(2,3)14-6-9-16-17(11-25)21(32-18(16)10-14)26-19(29)12-31-22-28-27-20(30-22)13-4-7-15(24)8-5-13/h4-5,7-8,14H,6,9-10,12H2,1-3H3,(H,26,29)/t14-/m0/s1. The van der Waals surface area contributed by atoms with E-state index in [1.807, 2.05) is 0 Å². The smallest absolute Gasteiger partial charge is 0.277 e. The fourth-order valence-electron chi connectivity index (χ4n) is 3.80. The van der Waals surface area contributed by atoms with Gasteiger partial charge in [0.05, 0.1) is 11.3 Å². The maximum absolute atomic E-state index is 12.6. The molecule has 4 rings (SSSR count). The summed E-state index contributed by atoms with van der Waals surface area (Å²) in [6.45, 7) is 6.78. The zero-order valence-corrected chi connectivity index (χ0v) is 20.5. The van der Waals surface area contributed by atoms with Gasteiger partial charge in [-0.3, -0.25) is 4.79 Å². The van der Waals surface area contributed by atoms with Crippen LogP contribution in [0.15, 0.2) is 33.9 Å². The number of nitrogens with zero attached hydrogens (tertiary/aromatic N) is 3. The fourth-order valence-corrected chi connectivity index (χ4v) is 5.78. The Morgan fingerprint density at radius 1 is 1.34 bits per heavy atom. The predicted molar refractivity (Wildman–Crippen MR) is 128 cm³/mol. The van der Waals surface area contributed by atoms with E-state index in [2.05, 4.69) is 42.4 Å². The molecule has 1 aromatic carbocycles. The van der Waals surface area contributed by atoms with Crippen molar-refractivity contribution in [1.29, 1.82) is 5.26 Å². The Morgan fingerprint density at radius 2 is 2.09 bits per heavy atom. The zero-order valence-electron chi connectivity index (χ0n) is 18.1. The van der Waals surface area contributed by atoms with Crippen molar-refractivity contribution in [2.45, 2.75) is 45.3 Å². The summed E-state index contributed by atoms with van der Waals surface area (Å²) in [5.41, 5.74) is 2.70. The molecule has 1 aliphatic rings. The molecule has 166 valence electrons. The number of anilines is 1. The first-order valence-corrected chi connectivity index (χ1v) is 12.5. The van der Waals surface area contributed by atoms with Crippen LogP contribution in [-0.4, -0.2) is 21.9 Å². The van der Waals surface area contributed by atoms with E-state index in [1.165, 1.54) is 16.2 Å². The van der Waals surface area contributed by atoms with Crippen LogP contribution in [0.2, 0.25) is 5.02 Å². The lowest BCUT2D eigenvalue weighted by Crippen LogP contribution is -2.26. The third kappa shape index (κ3) is 5.01. The lowest BCUT2D eigenvalue weighted by Gasteiger charge is -2.33. The van der Waals surface area contributed by atoms with Gasteiger partial charge in [-0.25, -0.2) is 0 Å². The summed E-state index contributed by atoms with van der Waals surface area (Å²) in [7, 11) is 0. The van der Waals surface area contributed by atoms with Gasteiger partial charge in [-0.1, -0.05) is 44.1 Å². The van der Waals surface area contributed by atoms with Crippen LogP contribution >= 0.6 is 34.7 Å². The number of amides is 1. The summed E-state index contributed by atoms with van der Waals surface area (Å²) >= 11 is 8.60. The number of carbonyl (C=O) groups is 1. The van der Waals surface area contributed by atoms with Crippen molar-refractivity contribution < 1.29 is 9.21 Å². The average Bonchev–Trinajstić information content (AvgIpc) is 3.35. The fraction of sp³-hybridized carbons (Fsp3) is 0.391. The van der Waals surface area contributed by atoms with Crippen molar-refractivity contribution in [3.8, 4) is 17.5 Å².